The van der Waals surface area contributed by atoms with Crippen LogP contribution in [0.3, 0.4) is 0 Å². The van der Waals surface area contributed by atoms with Gasteiger partial charge in [-0.25, -0.2) is 0 Å². The van der Waals surface area contributed by atoms with Crippen LogP contribution in [0.2, 0.25) is 0 Å². The van der Waals surface area contributed by atoms with Crippen molar-refractivity contribution in [1.29, 1.82) is 0 Å². The predicted octanol–water partition coefficient (Wildman–Crippen LogP) is 5.87. The number of rotatable bonds is 17. The van der Waals surface area contributed by atoms with Crippen molar-refractivity contribution < 1.29 is 58.8 Å². The summed E-state index contributed by atoms with van der Waals surface area (Å²) in [6, 6.07) is 20.4. The molecule has 0 saturated carbocycles. The van der Waals surface area contributed by atoms with Crippen molar-refractivity contribution >= 4 is 35.1 Å². The Morgan fingerprint density at radius 2 is 1.45 bits per heavy atom. The molecule has 0 spiro atoms. The summed E-state index contributed by atoms with van der Waals surface area (Å²) in [5, 5.41) is 69.6. The van der Waals surface area contributed by atoms with Gasteiger partial charge in [0.15, 0.2) is 6.29 Å². The van der Waals surface area contributed by atoms with Gasteiger partial charge >= 0.3 is 235 Å². The number of aliphatic hydroxyl groups is 5. The molecule has 1 aromatic heterocycles. The second-order valence-corrected chi connectivity index (χ2v) is 28.7. The Hall–Kier alpha value is -3.38. The van der Waals surface area contributed by atoms with Gasteiger partial charge in [-0.3, -0.25) is 4.79 Å². The summed E-state index contributed by atoms with van der Waals surface area (Å²) < 4.78 is 34.1. The van der Waals surface area contributed by atoms with Crippen molar-refractivity contribution in [1.82, 2.24) is 19.6 Å². The molecule has 3 fully saturated rings. The van der Waals surface area contributed by atoms with Gasteiger partial charge in [-0.05, 0) is 67.5 Å². The third-order valence-corrected chi connectivity index (χ3v) is 23.2. The van der Waals surface area contributed by atoms with Gasteiger partial charge in [-0.1, -0.05) is 20.8 Å². The third kappa shape index (κ3) is 14.3. The SMILES string of the molecule is CC[C@H]1OC(=O)[C@H](C)C([C@H]2C[C@@](C)(OC)[C@@H](O)[C@H](C)O2)[C@H](C)[C@@H](O[C@@H]2O[C@H](C)C[C@H](N(C)C)[C@H]2O)[C@](C)(O)C[C@@H](C)CN(C(=O)CCCCCCC[PH](c2ccccc2)(c2ccccc2)c2cnn(C)c2)[C@H](C)[C@@H](O)[C@]1(C)O. The normalized spacial score (nSPS) is 37.1. The van der Waals surface area contributed by atoms with Crippen LogP contribution in [0, 0.1) is 23.7 Å². The molecule has 18 atom stereocenters. The molecule has 0 radical (unpaired) electrons. The van der Waals surface area contributed by atoms with Crippen molar-refractivity contribution in [3.05, 3.63) is 73.1 Å². The molecular weight excluding hydrogens is 1010 g/mol. The van der Waals surface area contributed by atoms with E-state index in [2.05, 4.69) is 72.0 Å². The van der Waals surface area contributed by atoms with E-state index in [0.29, 0.717) is 12.8 Å². The van der Waals surface area contributed by atoms with Crippen LogP contribution in [0.25, 0.3) is 0 Å². The van der Waals surface area contributed by atoms with Crippen LogP contribution in [-0.2, 0) is 40.3 Å². The number of ether oxygens (including phenoxy) is 5. The Bertz CT molecular complexity index is 2300. The average Bonchev–Trinajstić information content (AvgIpc) is 3.87. The van der Waals surface area contributed by atoms with E-state index in [9.17, 15) is 35.1 Å². The average molecular weight is 1110 g/mol. The molecular formula is C61H99N4O12P. The van der Waals surface area contributed by atoms with Gasteiger partial charge in [0.1, 0.15) is 18.3 Å². The molecule has 6 rings (SSSR count). The van der Waals surface area contributed by atoms with Crippen molar-refractivity contribution in [3.8, 4) is 0 Å². The van der Waals surface area contributed by atoms with E-state index in [0.717, 1.165) is 31.8 Å². The van der Waals surface area contributed by atoms with Crippen molar-refractivity contribution in [2.45, 2.75) is 217 Å². The second-order valence-electron chi connectivity index (χ2n) is 24.7. The molecule has 5 N–H and O–H groups in total. The molecule has 440 valence electrons. The van der Waals surface area contributed by atoms with Crippen LogP contribution in [0.4, 0.5) is 0 Å². The second kappa shape index (κ2) is 27.1. The Morgan fingerprint density at radius 1 is 0.846 bits per heavy atom. The number of methoxy groups -OCH3 is 1. The number of aromatic nitrogens is 2. The zero-order valence-electron chi connectivity index (χ0n) is 49.5. The van der Waals surface area contributed by atoms with Gasteiger partial charge in [-0.15, -0.1) is 0 Å². The van der Waals surface area contributed by atoms with E-state index in [1.165, 1.54) is 29.9 Å². The first-order chi connectivity index (χ1) is 36.7. The minimum atomic E-state index is -2.44. The Balaban J connectivity index is 1.27. The summed E-state index contributed by atoms with van der Waals surface area (Å²) in [5.41, 5.74) is -4.76. The van der Waals surface area contributed by atoms with Crippen LogP contribution in [0.5, 0.6) is 0 Å². The molecule has 4 heterocycles. The molecule has 0 bridgehead atoms. The maximum absolute atomic E-state index is 14.8. The van der Waals surface area contributed by atoms with Gasteiger partial charge in [0, 0.05) is 25.5 Å². The molecule has 1 unspecified atom stereocenters. The van der Waals surface area contributed by atoms with Crippen LogP contribution in [-0.4, -0.2) is 175 Å². The van der Waals surface area contributed by atoms with Gasteiger partial charge in [-0.2, -0.15) is 0 Å². The molecule has 3 aliphatic rings. The number of amides is 1. The first kappa shape index (κ1) is 63.8. The van der Waals surface area contributed by atoms with Crippen LogP contribution in [0.1, 0.15) is 133 Å². The number of benzene rings is 2. The number of carbonyl (C=O) groups is 2. The van der Waals surface area contributed by atoms with E-state index in [4.69, 9.17) is 23.7 Å². The monoisotopic (exact) mass is 1110 g/mol. The quantitative estimate of drug-likeness (QED) is 0.0610. The molecule has 3 aliphatic heterocycles. The van der Waals surface area contributed by atoms with Crippen LogP contribution >= 0.6 is 7.26 Å². The fourth-order valence-electron chi connectivity index (χ4n) is 13.7. The van der Waals surface area contributed by atoms with E-state index < -0.39 is 109 Å². The van der Waals surface area contributed by atoms with Crippen LogP contribution < -0.4 is 15.9 Å². The standard InChI is InChI=1S/C61H99N4O12P/c1-15-50-61(10,72)54(68)43(6)65(51(66)31-25-17-16-18-26-32-78(45-27-21-19-22-28-45,46-29-23-20-24-30-46)47-36-62-64(13)38-47)37-39(2)34-59(8,71)56(77-58-53(67)48(63(11)12)33-40(3)74-58)41(4)52(42(5)57(70)76-50)49-35-60(9,73-14)55(69)44(7)75-49/h19-24,27-30,36,38-44,48-50,52-56,58,67-69,71-72,78H,15-18,25-26,31-35,37H2,1-14H3/t39-,40-,41+,42-,43-,44+,48+,49-,50-,52?,53-,54-,55+,56-,58+,59-,60-,61-/m1/s1. The Labute approximate surface area is 466 Å². The predicted molar refractivity (Wildman–Crippen MR) is 308 cm³/mol. The molecule has 16 nitrogen and oxygen atoms in total. The topological polar surface area (TPSA) is 206 Å². The number of esters is 1. The Kier molecular flexibility index (Phi) is 22.2. The number of likely N-dealkylation sites (N-methyl/N-ethyl adjacent to an activating group) is 1. The molecule has 1 amide bonds. The van der Waals surface area contributed by atoms with Crippen molar-refractivity contribution in [3.63, 3.8) is 0 Å². The first-order valence-corrected chi connectivity index (χ1v) is 31.2. The van der Waals surface area contributed by atoms with Crippen molar-refractivity contribution in [2.24, 2.45) is 30.7 Å². The number of carbonyl (C=O) groups excluding carboxylic acids is 2. The summed E-state index contributed by atoms with van der Waals surface area (Å²) in [4.78, 5) is 33.1. The minimum absolute atomic E-state index is 0.0931. The summed E-state index contributed by atoms with van der Waals surface area (Å²) in [7, 11) is 4.84. The van der Waals surface area contributed by atoms with E-state index in [1.807, 2.05) is 57.7 Å². The molecule has 0 aliphatic carbocycles. The Morgan fingerprint density at radius 3 is 2.01 bits per heavy atom. The molecule has 17 heteroatoms. The molecule has 78 heavy (non-hydrogen) atoms. The number of cyclic esters (lactones) is 1. The van der Waals surface area contributed by atoms with Crippen molar-refractivity contribution in [2.75, 3.05) is 33.9 Å². The van der Waals surface area contributed by atoms with E-state index >= 15 is 0 Å². The first-order valence-electron chi connectivity index (χ1n) is 29.0. The fraction of sp³-hybridized carbons (Fsp3) is 0.721. The molecule has 3 aromatic rings. The smallest absolute Gasteiger partial charge is 0.383 e. The number of unbranched alkanes of at least 4 members (excludes halogenated alkanes) is 4. The van der Waals surface area contributed by atoms with Crippen LogP contribution in [0.15, 0.2) is 73.1 Å². The molecule has 2 aromatic carbocycles. The number of aryl methyl sites for hydroxylation is 1. The number of nitrogens with zero attached hydrogens (tertiary/aromatic N) is 4. The zero-order chi connectivity index (χ0) is 57.5. The summed E-state index contributed by atoms with van der Waals surface area (Å²) in [6.45, 7) is 17.8. The zero-order valence-corrected chi connectivity index (χ0v) is 50.5. The number of hydrogen-bond acceptors (Lipinski definition) is 14. The summed E-state index contributed by atoms with van der Waals surface area (Å²) in [5.74, 6) is -3.70. The number of hydrogen-bond donors (Lipinski definition) is 5. The van der Waals surface area contributed by atoms with Gasteiger partial charge < -0.3 is 49.0 Å². The fourth-order valence-corrected chi connectivity index (χ4v) is 18.6. The number of aliphatic hydroxyl groups excluding tert-OH is 3. The van der Waals surface area contributed by atoms with E-state index in [1.54, 1.807) is 46.4 Å². The maximum atomic E-state index is 14.8. The summed E-state index contributed by atoms with van der Waals surface area (Å²) >= 11 is 0. The molecule has 3 saturated heterocycles. The van der Waals surface area contributed by atoms with Gasteiger partial charge in [0.25, 0.3) is 0 Å². The third-order valence-electron chi connectivity index (χ3n) is 18.3. The van der Waals surface area contributed by atoms with Gasteiger partial charge in [0.05, 0.1) is 41.5 Å². The minimum Gasteiger partial charge on any atom is -0.383 e. The van der Waals surface area contributed by atoms with Gasteiger partial charge in [0.2, 0.25) is 0 Å². The van der Waals surface area contributed by atoms with E-state index in [-0.39, 0.29) is 50.3 Å². The summed E-state index contributed by atoms with van der Waals surface area (Å²) in [6.07, 6.45) is 1.88.